The summed E-state index contributed by atoms with van der Waals surface area (Å²) in [6.07, 6.45) is 2.79. The fraction of sp³-hybridized carbons (Fsp3) is 0.231. The highest BCUT2D eigenvalue weighted by Crippen LogP contribution is 2.26. The SMILES string of the molecule is Nc1ccc2c(ccn2C2CCC(=O)NC2=O)c1. The molecule has 0 bridgehead atoms. The molecule has 1 aliphatic heterocycles. The van der Waals surface area contributed by atoms with Crippen molar-refractivity contribution in [3.05, 3.63) is 30.5 Å². The predicted molar refractivity (Wildman–Crippen MR) is 67.8 cm³/mol. The molecule has 2 aromatic rings. The summed E-state index contributed by atoms with van der Waals surface area (Å²) in [5.74, 6) is -0.433. The molecule has 18 heavy (non-hydrogen) atoms. The quantitative estimate of drug-likeness (QED) is 0.583. The Morgan fingerprint density at radius 2 is 2.11 bits per heavy atom. The number of piperidine rings is 1. The van der Waals surface area contributed by atoms with Crippen molar-refractivity contribution in [2.24, 2.45) is 0 Å². The van der Waals surface area contributed by atoms with Gasteiger partial charge in [-0.2, -0.15) is 0 Å². The lowest BCUT2D eigenvalue weighted by molar-refractivity contribution is -0.135. The molecule has 5 heteroatoms. The molecule has 0 spiro atoms. The molecular weight excluding hydrogens is 230 g/mol. The van der Waals surface area contributed by atoms with Gasteiger partial charge in [-0.25, -0.2) is 0 Å². The number of nitrogens with one attached hydrogen (secondary N) is 1. The Morgan fingerprint density at radius 1 is 1.28 bits per heavy atom. The molecule has 92 valence electrons. The maximum absolute atomic E-state index is 11.8. The first-order chi connectivity index (χ1) is 8.65. The summed E-state index contributed by atoms with van der Waals surface area (Å²) in [4.78, 5) is 23.0. The number of hydrogen-bond acceptors (Lipinski definition) is 3. The highest BCUT2D eigenvalue weighted by molar-refractivity contribution is 6.00. The molecule has 0 radical (unpaired) electrons. The smallest absolute Gasteiger partial charge is 0.249 e. The number of nitrogen functional groups attached to an aromatic ring is 1. The molecule has 1 unspecified atom stereocenters. The number of nitrogens with zero attached hydrogens (tertiary/aromatic N) is 1. The van der Waals surface area contributed by atoms with Crippen molar-refractivity contribution >= 4 is 28.4 Å². The van der Waals surface area contributed by atoms with Crippen molar-refractivity contribution < 1.29 is 9.59 Å². The van der Waals surface area contributed by atoms with E-state index in [1.54, 1.807) is 0 Å². The standard InChI is InChI=1S/C13H13N3O2/c14-9-1-2-10-8(7-9)5-6-16(10)11-3-4-12(17)15-13(11)18/h1-2,5-7,11H,3-4,14H2,(H,15,17,18). The lowest BCUT2D eigenvalue weighted by atomic mass is 10.1. The molecule has 1 aromatic carbocycles. The Labute approximate surface area is 104 Å². The minimum atomic E-state index is -0.316. The van der Waals surface area contributed by atoms with E-state index in [-0.39, 0.29) is 17.9 Å². The van der Waals surface area contributed by atoms with Crippen molar-refractivity contribution in [2.45, 2.75) is 18.9 Å². The van der Waals surface area contributed by atoms with E-state index in [2.05, 4.69) is 5.32 Å². The summed E-state index contributed by atoms with van der Waals surface area (Å²) in [6, 6.07) is 7.19. The first-order valence-corrected chi connectivity index (χ1v) is 5.85. The van der Waals surface area contributed by atoms with E-state index in [0.717, 1.165) is 10.9 Å². The van der Waals surface area contributed by atoms with E-state index in [9.17, 15) is 9.59 Å². The Hall–Kier alpha value is -2.30. The third-order valence-corrected chi connectivity index (χ3v) is 3.29. The topological polar surface area (TPSA) is 77.1 Å². The fourth-order valence-corrected chi connectivity index (χ4v) is 2.40. The average Bonchev–Trinajstić information content (AvgIpc) is 2.72. The minimum Gasteiger partial charge on any atom is -0.399 e. The van der Waals surface area contributed by atoms with Crippen LogP contribution in [0.4, 0.5) is 5.69 Å². The van der Waals surface area contributed by atoms with Crippen LogP contribution in [0.25, 0.3) is 10.9 Å². The van der Waals surface area contributed by atoms with Crippen LogP contribution < -0.4 is 11.1 Å². The summed E-state index contributed by atoms with van der Waals surface area (Å²) in [5.41, 5.74) is 7.38. The summed E-state index contributed by atoms with van der Waals surface area (Å²) < 4.78 is 1.90. The molecule has 3 N–H and O–H groups in total. The van der Waals surface area contributed by atoms with Crippen LogP contribution >= 0.6 is 0 Å². The number of aromatic nitrogens is 1. The predicted octanol–water partition coefficient (Wildman–Crippen LogP) is 1.20. The third-order valence-electron chi connectivity index (χ3n) is 3.29. The lowest BCUT2D eigenvalue weighted by Crippen LogP contribution is -2.41. The van der Waals surface area contributed by atoms with Crippen LogP contribution in [0.3, 0.4) is 0 Å². The molecular formula is C13H13N3O2. The van der Waals surface area contributed by atoms with Crippen LogP contribution in [0.5, 0.6) is 0 Å². The van der Waals surface area contributed by atoms with Crippen LogP contribution in [0.2, 0.25) is 0 Å². The zero-order valence-electron chi connectivity index (χ0n) is 9.72. The molecule has 1 atom stereocenters. The number of amides is 2. The van der Waals surface area contributed by atoms with Crippen LogP contribution in [-0.4, -0.2) is 16.4 Å². The Morgan fingerprint density at radius 3 is 2.89 bits per heavy atom. The van der Waals surface area contributed by atoms with Gasteiger partial charge in [0, 0.05) is 29.2 Å². The zero-order chi connectivity index (χ0) is 12.7. The number of nitrogens with two attached hydrogens (primary N) is 1. The lowest BCUT2D eigenvalue weighted by Gasteiger charge is -2.23. The molecule has 3 rings (SSSR count). The van der Waals surface area contributed by atoms with E-state index < -0.39 is 0 Å². The number of fused-ring (bicyclic) bond motifs is 1. The highest BCUT2D eigenvalue weighted by atomic mass is 16.2. The minimum absolute atomic E-state index is 0.197. The summed E-state index contributed by atoms with van der Waals surface area (Å²) in [5, 5.41) is 3.37. The number of carbonyl (C=O) groups excluding carboxylic acids is 2. The van der Waals surface area contributed by atoms with Gasteiger partial charge >= 0.3 is 0 Å². The van der Waals surface area contributed by atoms with Crippen molar-refractivity contribution in [3.8, 4) is 0 Å². The monoisotopic (exact) mass is 243 g/mol. The van der Waals surface area contributed by atoms with Crippen molar-refractivity contribution in [2.75, 3.05) is 5.73 Å². The molecule has 2 heterocycles. The van der Waals surface area contributed by atoms with Crippen LogP contribution in [0, 0.1) is 0 Å². The Kier molecular flexibility index (Phi) is 2.33. The molecule has 0 aliphatic carbocycles. The summed E-state index contributed by atoms with van der Waals surface area (Å²) >= 11 is 0. The third kappa shape index (κ3) is 1.64. The molecule has 1 saturated heterocycles. The van der Waals surface area contributed by atoms with Crippen LogP contribution in [0.15, 0.2) is 30.5 Å². The molecule has 5 nitrogen and oxygen atoms in total. The number of imide groups is 1. The van der Waals surface area contributed by atoms with E-state index in [1.165, 1.54) is 0 Å². The highest BCUT2D eigenvalue weighted by Gasteiger charge is 2.28. The Bertz CT molecular complexity index is 645. The number of benzene rings is 1. The zero-order valence-corrected chi connectivity index (χ0v) is 9.72. The van der Waals surface area contributed by atoms with Crippen molar-refractivity contribution in [1.29, 1.82) is 0 Å². The maximum Gasteiger partial charge on any atom is 0.249 e. The summed E-state index contributed by atoms with van der Waals surface area (Å²) in [6.45, 7) is 0. The molecule has 0 saturated carbocycles. The van der Waals surface area contributed by atoms with E-state index in [4.69, 9.17) is 5.73 Å². The van der Waals surface area contributed by atoms with Gasteiger partial charge in [-0.15, -0.1) is 0 Å². The van der Waals surface area contributed by atoms with Gasteiger partial charge in [-0.3, -0.25) is 14.9 Å². The fourth-order valence-electron chi connectivity index (χ4n) is 2.40. The number of rotatable bonds is 1. The second-order valence-electron chi connectivity index (χ2n) is 4.51. The number of anilines is 1. The largest absolute Gasteiger partial charge is 0.399 e. The maximum atomic E-state index is 11.8. The second kappa shape index (κ2) is 3.87. The van der Waals surface area contributed by atoms with E-state index in [1.807, 2.05) is 35.0 Å². The van der Waals surface area contributed by atoms with Gasteiger partial charge < -0.3 is 10.3 Å². The summed E-state index contributed by atoms with van der Waals surface area (Å²) in [7, 11) is 0. The van der Waals surface area contributed by atoms with E-state index in [0.29, 0.717) is 18.5 Å². The van der Waals surface area contributed by atoms with Crippen LogP contribution in [0.1, 0.15) is 18.9 Å². The van der Waals surface area contributed by atoms with Gasteiger partial charge in [0.2, 0.25) is 11.8 Å². The number of carbonyl (C=O) groups is 2. The molecule has 1 fully saturated rings. The van der Waals surface area contributed by atoms with E-state index >= 15 is 0 Å². The Balaban J connectivity index is 2.04. The van der Waals surface area contributed by atoms with Gasteiger partial charge in [0.15, 0.2) is 0 Å². The van der Waals surface area contributed by atoms with Gasteiger partial charge in [0.25, 0.3) is 0 Å². The van der Waals surface area contributed by atoms with Gasteiger partial charge in [-0.05, 0) is 30.7 Å². The first-order valence-electron chi connectivity index (χ1n) is 5.85. The molecule has 1 aromatic heterocycles. The second-order valence-corrected chi connectivity index (χ2v) is 4.51. The van der Waals surface area contributed by atoms with Crippen LogP contribution in [-0.2, 0) is 9.59 Å². The van der Waals surface area contributed by atoms with Gasteiger partial charge in [0.05, 0.1) is 0 Å². The molecule has 2 amide bonds. The first kappa shape index (κ1) is 10.8. The normalized spacial score (nSPS) is 20.1. The van der Waals surface area contributed by atoms with Gasteiger partial charge in [-0.1, -0.05) is 0 Å². The van der Waals surface area contributed by atoms with Gasteiger partial charge in [0.1, 0.15) is 6.04 Å². The van der Waals surface area contributed by atoms with Crippen molar-refractivity contribution in [3.63, 3.8) is 0 Å². The van der Waals surface area contributed by atoms with Crippen molar-refractivity contribution in [1.82, 2.24) is 9.88 Å². The number of hydrogen-bond donors (Lipinski definition) is 2. The molecule has 1 aliphatic rings. The average molecular weight is 243 g/mol.